The van der Waals surface area contributed by atoms with Crippen LogP contribution in [0.2, 0.25) is 0 Å². The lowest BCUT2D eigenvalue weighted by Gasteiger charge is -2.34. The van der Waals surface area contributed by atoms with Crippen LogP contribution in [0.5, 0.6) is 0 Å². The van der Waals surface area contributed by atoms with E-state index in [1.54, 1.807) is 0 Å². The van der Waals surface area contributed by atoms with Gasteiger partial charge >= 0.3 is 115 Å². The van der Waals surface area contributed by atoms with Gasteiger partial charge in [-0.25, -0.2) is 15.5 Å². The zero-order chi connectivity index (χ0) is 35.7. The molecule has 0 aromatic heterocycles. The van der Waals surface area contributed by atoms with Gasteiger partial charge in [-0.1, -0.05) is 0 Å². The molecule has 45 heavy (non-hydrogen) atoms. The van der Waals surface area contributed by atoms with Gasteiger partial charge in [0.05, 0.1) is 0 Å². The molecular weight excluding hydrogens is 881 g/mol. The maximum absolute atomic E-state index is 11.3. The standard InChI is InChI=1S/H13O33S4Si8/c1-34(2,3)22-42(18)28-39(14)26-38(13)27-40(15)29-43(19,23-35(4,5)6)32-45(21,25-37(10,11)12)33-44(20,24-36(7,8)9)31-41(16,17)30-42/h13-21H,(H,1,2,3)(H,4,5,6)(H,7,8,9)(H,10,11,12). The molecule has 33 nitrogen and oxygen atoms in total. The van der Waals surface area contributed by atoms with E-state index < -0.39 is 115 Å². The molecule has 1 saturated heterocycles. The largest absolute Gasteiger partial charge is 0.682 e. The van der Waals surface area contributed by atoms with Crippen LogP contribution < -0.4 is 0 Å². The van der Waals surface area contributed by atoms with E-state index >= 15 is 0 Å². The molecule has 0 aliphatic carbocycles. The molecule has 1 aliphatic rings. The van der Waals surface area contributed by atoms with E-state index in [4.69, 9.17) is 18.2 Å². The van der Waals surface area contributed by atoms with Crippen molar-refractivity contribution in [2.45, 2.75) is 0 Å². The molecule has 267 valence electrons. The molecule has 0 aromatic rings. The molecule has 1 fully saturated rings. The Labute approximate surface area is 258 Å². The van der Waals surface area contributed by atoms with E-state index in [1.165, 1.54) is 0 Å². The van der Waals surface area contributed by atoms with E-state index in [9.17, 15) is 76.8 Å². The van der Waals surface area contributed by atoms with Crippen LogP contribution in [0.1, 0.15) is 0 Å². The van der Waals surface area contributed by atoms with Crippen LogP contribution in [-0.4, -0.2) is 169 Å². The van der Waals surface area contributed by atoms with Gasteiger partial charge in [0, 0.05) is 0 Å². The van der Waals surface area contributed by atoms with Crippen molar-refractivity contribution in [2.24, 2.45) is 0 Å². The van der Waals surface area contributed by atoms with E-state index in [1.807, 2.05) is 0 Å². The Kier molecular flexibility index (Phi) is 14.3. The van der Waals surface area contributed by atoms with Gasteiger partial charge in [0.15, 0.2) is 0 Å². The number of rotatable bonds is 8. The first kappa shape index (κ1) is 43.6. The molecule has 0 aromatic carbocycles. The van der Waals surface area contributed by atoms with Crippen LogP contribution in [-0.2, 0) is 90.0 Å². The summed E-state index contributed by atoms with van der Waals surface area (Å²) < 4.78 is 170. The minimum atomic E-state index is -7.41. The maximum Gasteiger partial charge on any atom is 0.682 e. The first-order valence-corrected chi connectivity index (χ1v) is 26.5. The third-order valence-electron chi connectivity index (χ3n) is 2.66. The molecule has 45 heteroatoms. The molecular formula is H13O33S4Si8. The van der Waals surface area contributed by atoms with E-state index in [0.717, 1.165) is 0 Å². The Morgan fingerprint density at radius 2 is 0.667 bits per heavy atom. The zero-order valence-electron chi connectivity index (χ0n) is 19.6. The lowest BCUT2D eigenvalue weighted by atomic mass is 15.5. The summed E-state index contributed by atoms with van der Waals surface area (Å²) in [5.74, 6) is 0. The maximum atomic E-state index is 11.3. The molecule has 1 rings (SSSR count). The van der Waals surface area contributed by atoms with Gasteiger partial charge < -0.3 is 76.1 Å². The van der Waals surface area contributed by atoms with Gasteiger partial charge in [-0.2, -0.15) is 33.7 Å². The van der Waals surface area contributed by atoms with Crippen molar-refractivity contribution < 1.29 is 143 Å². The second kappa shape index (κ2) is 14.8. The lowest BCUT2D eigenvalue weighted by molar-refractivity contribution is -0.00859. The summed E-state index contributed by atoms with van der Waals surface area (Å²) in [4.78, 5) is 90.2. The van der Waals surface area contributed by atoms with Crippen molar-refractivity contribution >= 4 is 115 Å². The summed E-state index contributed by atoms with van der Waals surface area (Å²) >= 11 is 0. The Hall–Kier alpha value is 0.535. The third kappa shape index (κ3) is 18.2. The van der Waals surface area contributed by atoms with Gasteiger partial charge in [0.25, 0.3) is 0 Å². The second-order valence-corrected chi connectivity index (χ2v) is 25.8. The number of hydrogen-bond donors (Lipinski definition) is 13. The lowest BCUT2D eigenvalue weighted by Crippen LogP contribution is -2.70. The number of hydrogen-bond acceptors (Lipinski definition) is 29. The summed E-state index contributed by atoms with van der Waals surface area (Å²) in [6.45, 7) is 0. The van der Waals surface area contributed by atoms with E-state index in [0.29, 0.717) is 0 Å². The van der Waals surface area contributed by atoms with Gasteiger partial charge in [-0.3, -0.25) is 18.2 Å². The first-order chi connectivity index (χ1) is 19.5. The minimum absolute atomic E-state index is 3.37. The monoisotopic (exact) mass is 893 g/mol. The van der Waals surface area contributed by atoms with Crippen LogP contribution in [0.3, 0.4) is 0 Å². The molecule has 0 spiro atoms. The highest BCUT2D eigenvalue weighted by Crippen LogP contribution is 2.27. The average molecular weight is 894 g/mol. The fourth-order valence-electron chi connectivity index (χ4n) is 1.87. The van der Waals surface area contributed by atoms with Crippen molar-refractivity contribution in [1.82, 2.24) is 0 Å². The highest BCUT2D eigenvalue weighted by Gasteiger charge is 2.71. The summed E-state index contributed by atoms with van der Waals surface area (Å²) in [7, 11) is -74.4. The van der Waals surface area contributed by atoms with Gasteiger partial charge in [-0.05, 0) is 0 Å². The first-order valence-electron chi connectivity index (χ1n) is 8.83. The highest BCUT2D eigenvalue weighted by molar-refractivity contribution is 7.82. The zero-order valence-corrected chi connectivity index (χ0v) is 30.9. The highest BCUT2D eigenvalue weighted by atomic mass is 32.3. The Bertz CT molecular complexity index is 1450. The van der Waals surface area contributed by atoms with Crippen molar-refractivity contribution in [1.29, 1.82) is 0 Å². The predicted molar refractivity (Wildman–Crippen MR) is 125 cm³/mol. The summed E-state index contributed by atoms with van der Waals surface area (Å²) in [6, 6.07) is 0. The normalized spacial score (nSPS) is 33.6. The fourth-order valence-corrected chi connectivity index (χ4v) is 22.3. The smallest absolute Gasteiger partial charge is 0.388 e. The van der Waals surface area contributed by atoms with Gasteiger partial charge in [-0.15, -0.1) is 0 Å². The molecule has 13 N–H and O–H groups in total. The molecule has 1 heterocycles. The average Bonchev–Trinajstić information content (AvgIpc) is 2.55. The predicted octanol–water partition coefficient (Wildman–Crippen LogP) is -11.5. The summed E-state index contributed by atoms with van der Waals surface area (Å²) in [6.07, 6.45) is 0. The molecule has 0 amide bonds. The van der Waals surface area contributed by atoms with E-state index in [-0.39, 0.29) is 0 Å². The topological polar surface area (TPSA) is 510 Å². The van der Waals surface area contributed by atoms with Crippen molar-refractivity contribution in [3.8, 4) is 0 Å². The van der Waals surface area contributed by atoms with Crippen LogP contribution in [0, 0.1) is 0 Å². The summed E-state index contributed by atoms with van der Waals surface area (Å²) in [5, 5.41) is 0. The SMILES string of the molecule is O=S(=O)(O)O[Si]1(O)O[Si](O)O[Si](O)O[Si](O)O[Si](O)(OS(=O)(=O)O)O[Si](O)(OS(=O)(=O)O)O[Si](O)(OS(=O)(=O)O)O[Si](O)(O)O1. The van der Waals surface area contributed by atoms with Crippen molar-refractivity contribution in [3.63, 3.8) is 0 Å². The molecule has 0 bridgehead atoms. The van der Waals surface area contributed by atoms with Gasteiger partial charge in [0.2, 0.25) is 0 Å². The van der Waals surface area contributed by atoms with Crippen molar-refractivity contribution in [2.75, 3.05) is 0 Å². The Morgan fingerprint density at radius 3 is 1.00 bits per heavy atom. The van der Waals surface area contributed by atoms with Gasteiger partial charge in [0.1, 0.15) is 0 Å². The van der Waals surface area contributed by atoms with Crippen molar-refractivity contribution in [3.05, 3.63) is 0 Å². The Morgan fingerprint density at radius 1 is 0.422 bits per heavy atom. The fraction of sp³-hybridized carbons (Fsp3) is 0. The Balaban J connectivity index is 3.98. The van der Waals surface area contributed by atoms with Crippen LogP contribution >= 0.6 is 0 Å². The van der Waals surface area contributed by atoms with Crippen LogP contribution in [0.25, 0.3) is 0 Å². The van der Waals surface area contributed by atoms with E-state index in [2.05, 4.69) is 48.4 Å². The van der Waals surface area contributed by atoms with Crippen LogP contribution in [0.15, 0.2) is 0 Å². The quantitative estimate of drug-likeness (QED) is 0.0795. The molecule has 4 unspecified atom stereocenters. The minimum Gasteiger partial charge on any atom is -0.388 e. The van der Waals surface area contributed by atoms with Crippen LogP contribution in [0.4, 0.5) is 0 Å². The second-order valence-electron chi connectivity index (χ2n) is 6.30. The molecule has 1 aliphatic heterocycles. The third-order valence-corrected chi connectivity index (χ3v) is 24.0. The molecule has 3 radical (unpaired) electrons. The molecule has 0 saturated carbocycles. The summed E-state index contributed by atoms with van der Waals surface area (Å²) in [5.41, 5.74) is 0. The molecule has 4 atom stereocenters.